The number of halogens is 2. The summed E-state index contributed by atoms with van der Waals surface area (Å²) in [7, 11) is 1.90. The van der Waals surface area contributed by atoms with E-state index >= 15 is 0 Å². The number of pyridine rings is 1. The zero-order valence-corrected chi connectivity index (χ0v) is 21.9. The molecule has 0 spiro atoms. The molecule has 37 heavy (non-hydrogen) atoms. The van der Waals surface area contributed by atoms with Crippen LogP contribution in [-0.4, -0.2) is 52.4 Å². The van der Waals surface area contributed by atoms with Crippen LogP contribution in [0.15, 0.2) is 54.7 Å². The normalized spacial score (nSPS) is 13.6. The minimum atomic E-state index is -0.321. The Morgan fingerprint density at radius 2 is 1.81 bits per heavy atom. The number of amides is 2. The summed E-state index contributed by atoms with van der Waals surface area (Å²) in [6, 6.07) is 14.0. The third kappa shape index (κ3) is 5.27. The second kappa shape index (κ2) is 10.4. The molecule has 2 amide bonds. The van der Waals surface area contributed by atoms with Crippen LogP contribution in [0.3, 0.4) is 0 Å². The first kappa shape index (κ1) is 25.1. The molecule has 3 heterocycles. The van der Waals surface area contributed by atoms with Crippen molar-refractivity contribution in [2.45, 2.75) is 6.92 Å². The Balaban J connectivity index is 1.31. The molecule has 2 N–H and O–H groups in total. The summed E-state index contributed by atoms with van der Waals surface area (Å²) < 4.78 is 7.91. The number of carbonyl (C=O) groups is 2. The maximum Gasteiger partial charge on any atom is 0.270 e. The Bertz CT molecular complexity index is 1510. The third-order valence-electron chi connectivity index (χ3n) is 6.38. The van der Waals surface area contributed by atoms with Crippen LogP contribution in [0, 0.1) is 6.92 Å². The number of carbonyl (C=O) groups excluding carboxylic acids is 2. The number of hydrogen-bond donors (Lipinski definition) is 2. The van der Waals surface area contributed by atoms with Crippen molar-refractivity contribution in [1.29, 1.82) is 0 Å². The summed E-state index contributed by atoms with van der Waals surface area (Å²) in [5.41, 5.74) is 3.31. The van der Waals surface area contributed by atoms with E-state index in [9.17, 15) is 9.59 Å². The van der Waals surface area contributed by atoms with Crippen molar-refractivity contribution in [3.63, 3.8) is 0 Å². The van der Waals surface area contributed by atoms with Gasteiger partial charge in [0, 0.05) is 55.8 Å². The predicted molar refractivity (Wildman–Crippen MR) is 145 cm³/mol. The number of fused-ring (bicyclic) bond motifs is 1. The second-order valence-corrected chi connectivity index (χ2v) is 9.69. The molecule has 10 heteroatoms. The maximum atomic E-state index is 13.0. The van der Waals surface area contributed by atoms with Crippen LogP contribution in [0.4, 0.5) is 5.69 Å². The minimum Gasteiger partial charge on any atom is -0.439 e. The van der Waals surface area contributed by atoms with Gasteiger partial charge in [-0.15, -0.1) is 0 Å². The van der Waals surface area contributed by atoms with Crippen LogP contribution in [0.5, 0.6) is 11.6 Å². The van der Waals surface area contributed by atoms with Gasteiger partial charge < -0.3 is 24.8 Å². The fraction of sp³-hybridized carbons (Fsp3) is 0.222. The molecule has 2 aromatic carbocycles. The predicted octanol–water partition coefficient (Wildman–Crippen LogP) is 5.28. The Labute approximate surface area is 224 Å². The van der Waals surface area contributed by atoms with Crippen LogP contribution in [0.1, 0.15) is 26.4 Å². The van der Waals surface area contributed by atoms with Gasteiger partial charge in [-0.2, -0.15) is 0 Å². The standard InChI is InChI=1S/C27H25Cl2N5O3/c1-16-11-25(31-15-22(16)32-26(35)17-3-5-20(28)21(29)13-17)37-19-4-6-23-18(12-19)14-24(33(23)2)27(36)34-9-7-30-8-10-34/h3-6,11-15,30H,7-10H2,1-2H3,(H,32,35). The number of piperazine rings is 1. The zero-order valence-electron chi connectivity index (χ0n) is 20.3. The van der Waals surface area contributed by atoms with E-state index in [0.29, 0.717) is 51.7 Å². The van der Waals surface area contributed by atoms with E-state index < -0.39 is 0 Å². The lowest BCUT2D eigenvalue weighted by molar-refractivity contribution is 0.0726. The van der Waals surface area contributed by atoms with Crippen LogP contribution in [0.25, 0.3) is 10.9 Å². The summed E-state index contributed by atoms with van der Waals surface area (Å²) in [6.45, 7) is 4.86. The second-order valence-electron chi connectivity index (χ2n) is 8.87. The number of aromatic nitrogens is 2. The number of nitrogens with zero attached hydrogens (tertiary/aromatic N) is 3. The monoisotopic (exact) mass is 537 g/mol. The van der Waals surface area contributed by atoms with Gasteiger partial charge in [-0.1, -0.05) is 23.2 Å². The highest BCUT2D eigenvalue weighted by atomic mass is 35.5. The van der Waals surface area contributed by atoms with Crippen LogP contribution in [-0.2, 0) is 7.05 Å². The van der Waals surface area contributed by atoms with Crippen molar-refractivity contribution < 1.29 is 14.3 Å². The molecule has 5 rings (SSSR count). The summed E-state index contributed by atoms with van der Waals surface area (Å²) in [5, 5.41) is 7.70. The molecule has 0 radical (unpaired) electrons. The van der Waals surface area contributed by atoms with Gasteiger partial charge in [0.2, 0.25) is 5.88 Å². The van der Waals surface area contributed by atoms with Gasteiger partial charge in [-0.3, -0.25) is 9.59 Å². The lowest BCUT2D eigenvalue weighted by atomic mass is 10.2. The maximum absolute atomic E-state index is 13.0. The molecule has 1 aliphatic heterocycles. The first-order valence-electron chi connectivity index (χ1n) is 11.8. The molecular formula is C27H25Cl2N5O3. The highest BCUT2D eigenvalue weighted by Gasteiger charge is 2.22. The number of aryl methyl sites for hydroxylation is 2. The summed E-state index contributed by atoms with van der Waals surface area (Å²) in [5.74, 6) is 0.687. The summed E-state index contributed by atoms with van der Waals surface area (Å²) in [4.78, 5) is 31.9. The van der Waals surface area contributed by atoms with Gasteiger partial charge in [0.25, 0.3) is 11.8 Å². The van der Waals surface area contributed by atoms with E-state index in [0.717, 1.165) is 29.6 Å². The van der Waals surface area contributed by atoms with Gasteiger partial charge >= 0.3 is 0 Å². The van der Waals surface area contributed by atoms with Crippen LogP contribution in [0.2, 0.25) is 10.0 Å². The average molecular weight is 538 g/mol. The Hall–Kier alpha value is -3.59. The van der Waals surface area contributed by atoms with Gasteiger partial charge in [-0.05, 0) is 55.0 Å². The van der Waals surface area contributed by atoms with E-state index in [1.54, 1.807) is 24.4 Å². The van der Waals surface area contributed by atoms with Crippen LogP contribution >= 0.6 is 23.2 Å². The quantitative estimate of drug-likeness (QED) is 0.361. The van der Waals surface area contributed by atoms with Crippen LogP contribution < -0.4 is 15.4 Å². The lowest BCUT2D eigenvalue weighted by Crippen LogP contribution is -2.46. The van der Waals surface area contributed by atoms with E-state index in [4.69, 9.17) is 27.9 Å². The molecule has 1 fully saturated rings. The zero-order chi connectivity index (χ0) is 26.1. The first-order valence-corrected chi connectivity index (χ1v) is 12.6. The molecule has 0 aliphatic carbocycles. The molecule has 1 aliphatic rings. The van der Waals surface area contributed by atoms with Gasteiger partial charge in [0.1, 0.15) is 11.4 Å². The number of hydrogen-bond acceptors (Lipinski definition) is 5. The fourth-order valence-corrected chi connectivity index (χ4v) is 4.59. The van der Waals surface area contributed by atoms with Crippen molar-refractivity contribution in [3.05, 3.63) is 81.6 Å². The molecule has 0 saturated carbocycles. The van der Waals surface area contributed by atoms with E-state index in [2.05, 4.69) is 15.6 Å². The third-order valence-corrected chi connectivity index (χ3v) is 7.11. The van der Waals surface area contributed by atoms with Crippen molar-refractivity contribution in [1.82, 2.24) is 19.8 Å². The van der Waals surface area contributed by atoms with Crippen molar-refractivity contribution in [2.24, 2.45) is 7.05 Å². The fourth-order valence-electron chi connectivity index (χ4n) is 4.30. The molecule has 0 unspecified atom stereocenters. The molecule has 4 aromatic rings. The van der Waals surface area contributed by atoms with E-state index in [-0.39, 0.29) is 11.8 Å². The van der Waals surface area contributed by atoms with Gasteiger partial charge in [-0.25, -0.2) is 4.98 Å². The molecule has 0 atom stereocenters. The number of anilines is 1. The SMILES string of the molecule is Cc1cc(Oc2ccc3c(c2)cc(C(=O)N2CCNCC2)n3C)ncc1NC(=O)c1ccc(Cl)c(Cl)c1. The molecule has 190 valence electrons. The number of benzene rings is 2. The molecular weight excluding hydrogens is 513 g/mol. The number of nitrogens with one attached hydrogen (secondary N) is 2. The Morgan fingerprint density at radius 3 is 2.54 bits per heavy atom. The van der Waals surface area contributed by atoms with E-state index in [1.807, 2.05) is 47.7 Å². The number of ether oxygens (including phenoxy) is 1. The molecule has 2 aromatic heterocycles. The molecule has 0 bridgehead atoms. The Morgan fingerprint density at radius 1 is 1.03 bits per heavy atom. The largest absolute Gasteiger partial charge is 0.439 e. The van der Waals surface area contributed by atoms with Gasteiger partial charge in [0.05, 0.1) is 21.9 Å². The minimum absolute atomic E-state index is 0.0264. The van der Waals surface area contributed by atoms with Crippen molar-refractivity contribution >= 4 is 51.6 Å². The van der Waals surface area contributed by atoms with E-state index in [1.165, 1.54) is 6.07 Å². The van der Waals surface area contributed by atoms with Crippen molar-refractivity contribution in [2.75, 3.05) is 31.5 Å². The molecule has 8 nitrogen and oxygen atoms in total. The highest BCUT2D eigenvalue weighted by Crippen LogP contribution is 2.29. The number of rotatable bonds is 5. The topological polar surface area (TPSA) is 88.5 Å². The van der Waals surface area contributed by atoms with Crippen molar-refractivity contribution in [3.8, 4) is 11.6 Å². The average Bonchev–Trinajstić information content (AvgIpc) is 3.22. The van der Waals surface area contributed by atoms with Gasteiger partial charge in [0.15, 0.2) is 0 Å². The summed E-state index contributed by atoms with van der Waals surface area (Å²) >= 11 is 12.0. The highest BCUT2D eigenvalue weighted by molar-refractivity contribution is 6.42. The summed E-state index contributed by atoms with van der Waals surface area (Å²) in [6.07, 6.45) is 1.55. The first-order chi connectivity index (χ1) is 17.8. The molecule has 1 saturated heterocycles. The smallest absolute Gasteiger partial charge is 0.270 e. The Kier molecular flexibility index (Phi) is 7.06. The lowest BCUT2D eigenvalue weighted by Gasteiger charge is -2.27.